The maximum atomic E-state index is 11.7. The van der Waals surface area contributed by atoms with E-state index in [1.54, 1.807) is 0 Å². The lowest BCUT2D eigenvalue weighted by molar-refractivity contribution is 0.559. The smallest absolute Gasteiger partial charge is 0.336 e. The average molecular weight is 304 g/mol. The topological polar surface area (TPSA) is 68.6 Å². The number of aryl methyl sites for hydroxylation is 1. The molecule has 0 spiro atoms. The highest BCUT2D eigenvalue weighted by atomic mass is 32.2. The second-order valence-corrected chi connectivity index (χ2v) is 6.12. The van der Waals surface area contributed by atoms with E-state index in [4.69, 9.17) is 10.2 Å². The molecule has 0 fully saturated rings. The second kappa shape index (κ2) is 6.80. The van der Waals surface area contributed by atoms with Gasteiger partial charge in [0.1, 0.15) is 5.58 Å². The standard InChI is InChI=1S/C16H20N2O2S/c1-4-11-5-6-13-12(8-15(19)20-14(13)7-11)9-21-16(17)18-10(2)3/h5-8,10H,4,9H2,1-3H3,(H2,17,18). The van der Waals surface area contributed by atoms with Gasteiger partial charge in [0.2, 0.25) is 0 Å². The molecule has 2 rings (SSSR count). The number of nitrogens with zero attached hydrogens (tertiary/aromatic N) is 1. The van der Waals surface area contributed by atoms with E-state index in [0.29, 0.717) is 16.5 Å². The summed E-state index contributed by atoms with van der Waals surface area (Å²) in [4.78, 5) is 16.0. The van der Waals surface area contributed by atoms with Crippen molar-refractivity contribution in [1.29, 1.82) is 0 Å². The van der Waals surface area contributed by atoms with Crippen molar-refractivity contribution in [3.8, 4) is 0 Å². The van der Waals surface area contributed by atoms with Crippen molar-refractivity contribution in [2.45, 2.75) is 39.0 Å². The number of nitrogens with two attached hydrogens (primary N) is 1. The number of fused-ring (bicyclic) bond motifs is 1. The van der Waals surface area contributed by atoms with Gasteiger partial charge in [0.05, 0.1) is 0 Å². The lowest BCUT2D eigenvalue weighted by Crippen LogP contribution is -2.10. The van der Waals surface area contributed by atoms with Gasteiger partial charge in [-0.3, -0.25) is 4.99 Å². The van der Waals surface area contributed by atoms with Crippen LogP contribution in [-0.2, 0) is 12.2 Å². The fourth-order valence-electron chi connectivity index (χ4n) is 2.06. The van der Waals surface area contributed by atoms with Gasteiger partial charge in [0, 0.05) is 23.2 Å². The van der Waals surface area contributed by atoms with Gasteiger partial charge < -0.3 is 10.2 Å². The Bertz CT molecular complexity index is 720. The number of amidine groups is 1. The van der Waals surface area contributed by atoms with Crippen molar-refractivity contribution in [1.82, 2.24) is 0 Å². The van der Waals surface area contributed by atoms with Gasteiger partial charge in [0.15, 0.2) is 5.17 Å². The van der Waals surface area contributed by atoms with Crippen molar-refractivity contribution in [3.05, 3.63) is 45.8 Å². The summed E-state index contributed by atoms with van der Waals surface area (Å²) in [6.07, 6.45) is 0.909. The molecule has 4 nitrogen and oxygen atoms in total. The first kappa shape index (κ1) is 15.6. The quantitative estimate of drug-likeness (QED) is 0.534. The summed E-state index contributed by atoms with van der Waals surface area (Å²) in [6, 6.07) is 7.69. The van der Waals surface area contributed by atoms with E-state index < -0.39 is 0 Å². The minimum Gasteiger partial charge on any atom is -0.423 e. The molecule has 1 aromatic carbocycles. The number of benzene rings is 1. The van der Waals surface area contributed by atoms with E-state index in [2.05, 4.69) is 18.0 Å². The maximum Gasteiger partial charge on any atom is 0.336 e. The van der Waals surface area contributed by atoms with E-state index in [1.807, 2.05) is 26.0 Å². The molecular formula is C16H20N2O2S. The van der Waals surface area contributed by atoms with Crippen molar-refractivity contribution in [2.24, 2.45) is 10.7 Å². The first-order chi connectivity index (χ1) is 9.99. The number of rotatable bonds is 4. The predicted octanol–water partition coefficient (Wildman–Crippen LogP) is 3.31. The van der Waals surface area contributed by atoms with Crippen molar-refractivity contribution in [2.75, 3.05) is 0 Å². The van der Waals surface area contributed by atoms with E-state index in [1.165, 1.54) is 17.8 Å². The molecule has 0 aliphatic rings. The zero-order chi connectivity index (χ0) is 15.4. The van der Waals surface area contributed by atoms with Crippen LogP contribution in [0.1, 0.15) is 31.9 Å². The van der Waals surface area contributed by atoms with Crippen LogP contribution in [0.3, 0.4) is 0 Å². The Labute approximate surface area is 128 Å². The molecule has 2 aromatic rings. The van der Waals surface area contributed by atoms with Gasteiger partial charge in [-0.15, -0.1) is 0 Å². The Morgan fingerprint density at radius 1 is 1.38 bits per heavy atom. The Hall–Kier alpha value is -1.75. The molecule has 1 aromatic heterocycles. The van der Waals surface area contributed by atoms with Gasteiger partial charge in [0.25, 0.3) is 0 Å². The van der Waals surface area contributed by atoms with Crippen LogP contribution in [0.5, 0.6) is 0 Å². The Morgan fingerprint density at radius 2 is 2.14 bits per heavy atom. The first-order valence-electron chi connectivity index (χ1n) is 7.01. The fourth-order valence-corrected chi connectivity index (χ4v) is 2.88. The Kier molecular flexibility index (Phi) is 5.07. The molecule has 0 aliphatic carbocycles. The van der Waals surface area contributed by atoms with Gasteiger partial charge in [-0.25, -0.2) is 4.79 Å². The Balaban J connectivity index is 2.33. The monoisotopic (exact) mass is 304 g/mol. The molecule has 0 radical (unpaired) electrons. The largest absolute Gasteiger partial charge is 0.423 e. The van der Waals surface area contributed by atoms with Crippen LogP contribution in [-0.4, -0.2) is 11.2 Å². The molecule has 0 amide bonds. The lowest BCUT2D eigenvalue weighted by Gasteiger charge is -2.07. The first-order valence-corrected chi connectivity index (χ1v) is 8.00. The highest BCUT2D eigenvalue weighted by Gasteiger charge is 2.07. The molecule has 0 saturated heterocycles. The molecule has 0 unspecified atom stereocenters. The van der Waals surface area contributed by atoms with Crippen molar-refractivity contribution >= 4 is 27.9 Å². The van der Waals surface area contributed by atoms with Gasteiger partial charge >= 0.3 is 5.63 Å². The SMILES string of the molecule is CCc1ccc2c(CSC(N)=NC(C)C)cc(=O)oc2c1. The zero-order valence-corrected chi connectivity index (χ0v) is 13.4. The summed E-state index contributed by atoms with van der Waals surface area (Å²) in [5.41, 5.74) is 8.25. The van der Waals surface area contributed by atoms with E-state index in [0.717, 1.165) is 22.9 Å². The van der Waals surface area contributed by atoms with E-state index in [9.17, 15) is 4.79 Å². The molecule has 0 bridgehead atoms. The average Bonchev–Trinajstić information content (AvgIpc) is 2.43. The normalized spacial score (nSPS) is 12.3. The van der Waals surface area contributed by atoms with Gasteiger partial charge in [-0.1, -0.05) is 30.8 Å². The van der Waals surface area contributed by atoms with Crippen LogP contribution in [0.4, 0.5) is 0 Å². The molecule has 5 heteroatoms. The highest BCUT2D eigenvalue weighted by molar-refractivity contribution is 8.13. The predicted molar refractivity (Wildman–Crippen MR) is 89.9 cm³/mol. The van der Waals surface area contributed by atoms with Gasteiger partial charge in [-0.2, -0.15) is 0 Å². The molecule has 2 N–H and O–H groups in total. The number of aliphatic imine (C=N–C) groups is 1. The van der Waals surface area contributed by atoms with Crippen LogP contribution in [0.25, 0.3) is 11.0 Å². The third kappa shape index (κ3) is 4.11. The molecule has 0 aliphatic heterocycles. The van der Waals surface area contributed by atoms with Gasteiger partial charge in [-0.05, 0) is 37.5 Å². The third-order valence-corrected chi connectivity index (χ3v) is 3.92. The molecule has 1 heterocycles. The molecule has 21 heavy (non-hydrogen) atoms. The number of hydrogen-bond donors (Lipinski definition) is 1. The maximum absolute atomic E-state index is 11.7. The molecule has 0 atom stereocenters. The zero-order valence-electron chi connectivity index (χ0n) is 12.6. The molecule has 0 saturated carbocycles. The second-order valence-electron chi connectivity index (χ2n) is 5.12. The van der Waals surface area contributed by atoms with E-state index >= 15 is 0 Å². The third-order valence-electron chi connectivity index (χ3n) is 3.06. The van der Waals surface area contributed by atoms with Crippen LogP contribution >= 0.6 is 11.8 Å². The lowest BCUT2D eigenvalue weighted by atomic mass is 10.1. The van der Waals surface area contributed by atoms with Crippen LogP contribution in [0, 0.1) is 0 Å². The fraction of sp³-hybridized carbons (Fsp3) is 0.375. The molecule has 112 valence electrons. The highest BCUT2D eigenvalue weighted by Crippen LogP contribution is 2.23. The minimum atomic E-state index is -0.328. The number of hydrogen-bond acceptors (Lipinski definition) is 4. The van der Waals surface area contributed by atoms with Crippen LogP contribution in [0.15, 0.2) is 38.5 Å². The summed E-state index contributed by atoms with van der Waals surface area (Å²) in [7, 11) is 0. The van der Waals surface area contributed by atoms with Crippen LogP contribution < -0.4 is 11.4 Å². The summed E-state index contributed by atoms with van der Waals surface area (Å²) in [6.45, 7) is 6.03. The summed E-state index contributed by atoms with van der Waals surface area (Å²) >= 11 is 1.44. The summed E-state index contributed by atoms with van der Waals surface area (Å²) in [5, 5.41) is 1.49. The summed E-state index contributed by atoms with van der Waals surface area (Å²) in [5.74, 6) is 0.607. The van der Waals surface area contributed by atoms with E-state index in [-0.39, 0.29) is 11.7 Å². The minimum absolute atomic E-state index is 0.169. The summed E-state index contributed by atoms with van der Waals surface area (Å²) < 4.78 is 5.29. The van der Waals surface area contributed by atoms with Crippen LogP contribution in [0.2, 0.25) is 0 Å². The van der Waals surface area contributed by atoms with Crippen molar-refractivity contribution in [3.63, 3.8) is 0 Å². The molecular weight excluding hydrogens is 284 g/mol. The van der Waals surface area contributed by atoms with Crippen molar-refractivity contribution < 1.29 is 4.42 Å². The Morgan fingerprint density at radius 3 is 2.81 bits per heavy atom. The number of thioether (sulfide) groups is 1.